The molecule has 2 saturated heterocycles. The summed E-state index contributed by atoms with van der Waals surface area (Å²) in [5.74, 6) is -0.464. The fourth-order valence-electron chi connectivity index (χ4n) is 3.47. The molecule has 148 valence electrons. The van der Waals surface area contributed by atoms with E-state index < -0.39 is 11.9 Å². The lowest BCUT2D eigenvalue weighted by molar-refractivity contribution is -0.144. The first-order chi connectivity index (χ1) is 13.5. The van der Waals surface area contributed by atoms with Gasteiger partial charge in [0.1, 0.15) is 5.69 Å². The summed E-state index contributed by atoms with van der Waals surface area (Å²) >= 11 is 0. The van der Waals surface area contributed by atoms with Gasteiger partial charge in [0.2, 0.25) is 5.91 Å². The number of ether oxygens (including phenoxy) is 1. The SMILES string of the molecule is CC(Oc1ccccc1F)C(=O)N1CC(n2cc(CN3CCCC3=O)nn2)C1. The zero-order valence-corrected chi connectivity index (χ0v) is 15.6. The van der Waals surface area contributed by atoms with Gasteiger partial charge in [-0.05, 0) is 25.5 Å². The molecule has 8 nitrogen and oxygen atoms in total. The predicted molar refractivity (Wildman–Crippen MR) is 96.8 cm³/mol. The molecule has 2 aliphatic heterocycles. The number of rotatable bonds is 6. The molecule has 1 atom stereocenters. The summed E-state index contributed by atoms with van der Waals surface area (Å²) < 4.78 is 20.9. The number of amides is 2. The Kier molecular flexibility index (Phi) is 4.97. The summed E-state index contributed by atoms with van der Waals surface area (Å²) in [7, 11) is 0. The third-order valence-electron chi connectivity index (χ3n) is 5.12. The van der Waals surface area contributed by atoms with Crippen molar-refractivity contribution in [3.05, 3.63) is 42.0 Å². The number of carbonyl (C=O) groups excluding carboxylic acids is 2. The van der Waals surface area contributed by atoms with E-state index in [-0.39, 0.29) is 23.6 Å². The molecular formula is C19H22FN5O3. The molecule has 28 heavy (non-hydrogen) atoms. The van der Waals surface area contributed by atoms with Gasteiger partial charge in [-0.15, -0.1) is 5.10 Å². The highest BCUT2D eigenvalue weighted by Crippen LogP contribution is 2.24. The number of carbonyl (C=O) groups is 2. The number of para-hydroxylation sites is 1. The number of likely N-dealkylation sites (tertiary alicyclic amines) is 2. The molecule has 0 radical (unpaired) electrons. The third kappa shape index (κ3) is 3.69. The summed E-state index contributed by atoms with van der Waals surface area (Å²) in [6, 6.07) is 6.07. The van der Waals surface area contributed by atoms with Gasteiger partial charge in [-0.3, -0.25) is 9.59 Å². The lowest BCUT2D eigenvalue weighted by atomic mass is 10.1. The normalized spacial score (nSPS) is 18.3. The molecule has 1 aromatic carbocycles. The van der Waals surface area contributed by atoms with Gasteiger partial charge in [-0.1, -0.05) is 17.3 Å². The standard InChI is InChI=1S/C19H22FN5O3/c1-13(28-17-6-3-2-5-16(17)20)19(27)24-11-15(12-24)25-10-14(21-22-25)9-23-8-4-7-18(23)26/h2-3,5-6,10,13,15H,4,7-9,11-12H2,1H3. The topological polar surface area (TPSA) is 80.6 Å². The van der Waals surface area contributed by atoms with Crippen LogP contribution in [0, 0.1) is 5.82 Å². The van der Waals surface area contributed by atoms with Crippen molar-refractivity contribution < 1.29 is 18.7 Å². The van der Waals surface area contributed by atoms with Crippen molar-refractivity contribution in [1.82, 2.24) is 24.8 Å². The van der Waals surface area contributed by atoms with E-state index in [4.69, 9.17) is 4.74 Å². The van der Waals surface area contributed by atoms with E-state index in [2.05, 4.69) is 10.3 Å². The second-order valence-electron chi connectivity index (χ2n) is 7.20. The number of aromatic nitrogens is 3. The lowest BCUT2D eigenvalue weighted by Gasteiger charge is -2.40. The van der Waals surface area contributed by atoms with Crippen LogP contribution in [0.1, 0.15) is 31.5 Å². The zero-order chi connectivity index (χ0) is 19.7. The molecule has 1 unspecified atom stereocenters. The molecule has 4 rings (SSSR count). The first-order valence-corrected chi connectivity index (χ1v) is 9.39. The minimum atomic E-state index is -0.773. The van der Waals surface area contributed by atoms with Crippen LogP contribution >= 0.6 is 0 Å². The molecule has 2 aromatic rings. The molecule has 2 fully saturated rings. The first kappa shape index (κ1) is 18.4. The van der Waals surface area contributed by atoms with E-state index in [0.717, 1.165) is 18.7 Å². The monoisotopic (exact) mass is 387 g/mol. The molecular weight excluding hydrogens is 365 g/mol. The van der Waals surface area contributed by atoms with Crippen molar-refractivity contribution in [1.29, 1.82) is 0 Å². The number of hydrogen-bond acceptors (Lipinski definition) is 5. The fourth-order valence-corrected chi connectivity index (χ4v) is 3.47. The second kappa shape index (κ2) is 7.57. The fraction of sp³-hybridized carbons (Fsp3) is 0.474. The van der Waals surface area contributed by atoms with Gasteiger partial charge in [0, 0.05) is 26.1 Å². The highest BCUT2D eigenvalue weighted by atomic mass is 19.1. The van der Waals surface area contributed by atoms with Crippen molar-refractivity contribution in [3.63, 3.8) is 0 Å². The second-order valence-corrected chi connectivity index (χ2v) is 7.20. The van der Waals surface area contributed by atoms with Crippen LogP contribution < -0.4 is 4.74 Å². The Labute approximate surface area is 161 Å². The average Bonchev–Trinajstić information content (AvgIpc) is 3.25. The maximum Gasteiger partial charge on any atom is 0.263 e. The van der Waals surface area contributed by atoms with Gasteiger partial charge in [-0.25, -0.2) is 9.07 Å². The Morgan fingerprint density at radius 1 is 1.36 bits per heavy atom. The summed E-state index contributed by atoms with van der Waals surface area (Å²) in [6.07, 6.45) is 2.54. The summed E-state index contributed by atoms with van der Waals surface area (Å²) in [6.45, 7) is 3.84. The zero-order valence-electron chi connectivity index (χ0n) is 15.6. The van der Waals surface area contributed by atoms with Crippen molar-refractivity contribution >= 4 is 11.8 Å². The highest BCUT2D eigenvalue weighted by molar-refractivity contribution is 5.81. The summed E-state index contributed by atoms with van der Waals surface area (Å²) in [5.41, 5.74) is 0.747. The minimum absolute atomic E-state index is 0.0418. The van der Waals surface area contributed by atoms with Crippen LogP contribution in [0.2, 0.25) is 0 Å². The van der Waals surface area contributed by atoms with E-state index in [1.807, 2.05) is 6.20 Å². The smallest absolute Gasteiger partial charge is 0.263 e. The number of benzene rings is 1. The molecule has 2 amide bonds. The van der Waals surface area contributed by atoms with Crippen LogP contribution in [-0.4, -0.2) is 62.3 Å². The Balaban J connectivity index is 1.29. The molecule has 0 saturated carbocycles. The van der Waals surface area contributed by atoms with Gasteiger partial charge in [0.05, 0.1) is 18.8 Å². The van der Waals surface area contributed by atoms with Gasteiger partial charge in [0.15, 0.2) is 17.7 Å². The molecule has 3 heterocycles. The van der Waals surface area contributed by atoms with Crippen molar-refractivity contribution in [2.75, 3.05) is 19.6 Å². The van der Waals surface area contributed by atoms with Crippen LogP contribution in [0.4, 0.5) is 4.39 Å². The Hall–Kier alpha value is -2.97. The van der Waals surface area contributed by atoms with Crippen LogP contribution in [0.15, 0.2) is 30.5 Å². The van der Waals surface area contributed by atoms with Gasteiger partial charge in [0.25, 0.3) is 5.91 Å². The molecule has 0 spiro atoms. The quantitative estimate of drug-likeness (QED) is 0.748. The van der Waals surface area contributed by atoms with Crippen LogP contribution in [-0.2, 0) is 16.1 Å². The van der Waals surface area contributed by atoms with E-state index in [1.54, 1.807) is 33.5 Å². The van der Waals surface area contributed by atoms with E-state index in [1.165, 1.54) is 12.1 Å². The average molecular weight is 387 g/mol. The molecule has 1 aromatic heterocycles. The van der Waals surface area contributed by atoms with E-state index >= 15 is 0 Å². The van der Waals surface area contributed by atoms with Gasteiger partial charge < -0.3 is 14.5 Å². The Morgan fingerprint density at radius 3 is 2.86 bits per heavy atom. The van der Waals surface area contributed by atoms with Crippen LogP contribution in [0.5, 0.6) is 5.75 Å². The van der Waals surface area contributed by atoms with Crippen LogP contribution in [0.3, 0.4) is 0 Å². The van der Waals surface area contributed by atoms with Gasteiger partial charge >= 0.3 is 0 Å². The van der Waals surface area contributed by atoms with Gasteiger partial charge in [-0.2, -0.15) is 0 Å². The molecule has 0 N–H and O–H groups in total. The van der Waals surface area contributed by atoms with Crippen molar-refractivity contribution in [3.8, 4) is 5.75 Å². The third-order valence-corrected chi connectivity index (χ3v) is 5.12. The maximum atomic E-state index is 13.7. The lowest BCUT2D eigenvalue weighted by Crippen LogP contribution is -2.54. The molecule has 2 aliphatic rings. The summed E-state index contributed by atoms with van der Waals surface area (Å²) in [5, 5.41) is 8.27. The first-order valence-electron chi connectivity index (χ1n) is 9.39. The van der Waals surface area contributed by atoms with Crippen LogP contribution in [0.25, 0.3) is 0 Å². The van der Waals surface area contributed by atoms with Crippen molar-refractivity contribution in [2.24, 2.45) is 0 Å². The molecule has 0 aliphatic carbocycles. The number of hydrogen-bond donors (Lipinski definition) is 0. The Bertz CT molecular complexity index is 880. The minimum Gasteiger partial charge on any atom is -0.478 e. The van der Waals surface area contributed by atoms with E-state index in [9.17, 15) is 14.0 Å². The Morgan fingerprint density at radius 2 is 2.14 bits per heavy atom. The largest absolute Gasteiger partial charge is 0.478 e. The number of halogens is 1. The van der Waals surface area contributed by atoms with E-state index in [0.29, 0.717) is 26.1 Å². The summed E-state index contributed by atoms with van der Waals surface area (Å²) in [4.78, 5) is 27.6. The number of nitrogens with zero attached hydrogens (tertiary/aromatic N) is 5. The predicted octanol–water partition coefficient (Wildman–Crippen LogP) is 1.39. The van der Waals surface area contributed by atoms with Crippen molar-refractivity contribution in [2.45, 2.75) is 38.5 Å². The highest BCUT2D eigenvalue weighted by Gasteiger charge is 2.36. The molecule has 0 bridgehead atoms. The maximum absolute atomic E-state index is 13.7. The molecule has 9 heteroatoms.